The summed E-state index contributed by atoms with van der Waals surface area (Å²) in [6.45, 7) is 3.78. The number of amides is 3. The number of para-hydroxylation sites is 2. The maximum absolute atomic E-state index is 13.5. The van der Waals surface area contributed by atoms with E-state index in [2.05, 4.69) is 27.6 Å². The van der Waals surface area contributed by atoms with Crippen LogP contribution in [0, 0.1) is 6.92 Å². The lowest BCUT2D eigenvalue weighted by Crippen LogP contribution is -2.46. The molecule has 10 heteroatoms. The number of piperidine rings is 1. The van der Waals surface area contributed by atoms with Crippen LogP contribution in [-0.2, 0) is 0 Å². The van der Waals surface area contributed by atoms with Gasteiger partial charge in [0, 0.05) is 18.8 Å². The molecule has 0 radical (unpaired) electrons. The number of likely N-dealkylation sites (N-methyl/N-ethyl adjacent to an activating group) is 1. The number of likely N-dealkylation sites (tertiary alicyclic amines) is 1. The van der Waals surface area contributed by atoms with Gasteiger partial charge in [0.1, 0.15) is 15.5 Å². The van der Waals surface area contributed by atoms with E-state index in [0.717, 1.165) is 36.9 Å². The normalized spacial score (nSPS) is 17.2. The molecule has 2 N–H and O–H groups in total. The van der Waals surface area contributed by atoms with E-state index in [4.69, 9.17) is 9.47 Å². The highest BCUT2D eigenvalue weighted by molar-refractivity contribution is 7.21. The first-order chi connectivity index (χ1) is 18.9. The highest BCUT2D eigenvalue weighted by Gasteiger charge is 2.34. The molecular formula is C29H29N5O4S. The lowest BCUT2D eigenvalue weighted by Gasteiger charge is -2.31. The van der Waals surface area contributed by atoms with E-state index in [9.17, 15) is 9.59 Å². The second-order valence-electron chi connectivity index (χ2n) is 9.86. The first-order valence-corrected chi connectivity index (χ1v) is 13.7. The standard InChI is InChI=1S/C29H29N5O4S/c1-17-15-19(38-23-9-5-4-8-22(23)37-3)10-11-20(17)34-21-12-13-30-28-24(21)25(32-29(34)36)26(39-28)27(35)31-18-7-6-14-33(2)16-18/h4-5,8-13,15,18H,6-7,14,16H2,1-3H3,(H,31,35)(H,32,36)/t18-/m1/s1. The molecule has 4 aromatic rings. The average molecular weight is 544 g/mol. The van der Waals surface area contributed by atoms with Crippen molar-refractivity contribution in [1.29, 1.82) is 0 Å². The highest BCUT2D eigenvalue weighted by atomic mass is 32.1. The number of urea groups is 1. The van der Waals surface area contributed by atoms with Gasteiger partial charge < -0.3 is 25.0 Å². The van der Waals surface area contributed by atoms with Crippen LogP contribution in [0.1, 0.15) is 28.1 Å². The number of thiophene rings is 1. The molecule has 200 valence electrons. The Hall–Kier alpha value is -4.15. The number of rotatable bonds is 6. The number of nitrogens with one attached hydrogen (secondary N) is 2. The molecule has 3 amide bonds. The maximum Gasteiger partial charge on any atom is 0.331 e. The lowest BCUT2D eigenvalue weighted by molar-refractivity contribution is 0.0917. The summed E-state index contributed by atoms with van der Waals surface area (Å²) in [7, 11) is 3.66. The van der Waals surface area contributed by atoms with E-state index in [1.54, 1.807) is 18.2 Å². The van der Waals surface area contributed by atoms with Crippen molar-refractivity contribution in [3.8, 4) is 17.2 Å². The topological polar surface area (TPSA) is 96.0 Å². The summed E-state index contributed by atoms with van der Waals surface area (Å²) in [5.41, 5.74) is 2.77. The number of hydrogen-bond acceptors (Lipinski definition) is 7. The molecule has 9 nitrogen and oxygen atoms in total. The van der Waals surface area contributed by atoms with Crippen molar-refractivity contribution in [2.45, 2.75) is 25.8 Å². The van der Waals surface area contributed by atoms with Crippen molar-refractivity contribution in [2.24, 2.45) is 0 Å². The van der Waals surface area contributed by atoms with Crippen LogP contribution < -0.4 is 25.0 Å². The van der Waals surface area contributed by atoms with Gasteiger partial charge in [-0.15, -0.1) is 11.3 Å². The van der Waals surface area contributed by atoms with E-state index in [1.165, 1.54) is 11.3 Å². The van der Waals surface area contributed by atoms with Gasteiger partial charge in [-0.25, -0.2) is 9.78 Å². The van der Waals surface area contributed by atoms with E-state index in [-0.39, 0.29) is 18.0 Å². The van der Waals surface area contributed by atoms with Gasteiger partial charge in [-0.3, -0.25) is 9.69 Å². The quantitative estimate of drug-likeness (QED) is 0.314. The van der Waals surface area contributed by atoms with Crippen LogP contribution in [0.25, 0.3) is 10.2 Å². The fraction of sp³-hybridized carbons (Fsp3) is 0.276. The summed E-state index contributed by atoms with van der Waals surface area (Å²) in [5.74, 6) is 1.69. The molecule has 2 aromatic carbocycles. The Labute approximate surface area is 230 Å². The largest absolute Gasteiger partial charge is 0.493 e. The van der Waals surface area contributed by atoms with Crippen molar-refractivity contribution in [2.75, 3.05) is 37.5 Å². The number of ether oxygens (including phenoxy) is 2. The van der Waals surface area contributed by atoms with Crippen molar-refractivity contribution < 1.29 is 19.1 Å². The summed E-state index contributed by atoms with van der Waals surface area (Å²) >= 11 is 1.30. The van der Waals surface area contributed by atoms with E-state index >= 15 is 0 Å². The number of aryl methyl sites for hydroxylation is 1. The summed E-state index contributed by atoms with van der Waals surface area (Å²) in [4.78, 5) is 36.4. The fourth-order valence-electron chi connectivity index (χ4n) is 5.29. The second kappa shape index (κ2) is 10.2. The average Bonchev–Trinajstić information content (AvgIpc) is 3.29. The SMILES string of the molecule is COc1ccccc1Oc1ccc(N2C(=O)Nc3c(C(=O)N[C@@H]4CCCN(C)C4)sc4nccc2c34)c(C)c1. The zero-order chi connectivity index (χ0) is 27.1. The van der Waals surface area contributed by atoms with Crippen LogP contribution in [0.5, 0.6) is 17.2 Å². The van der Waals surface area contributed by atoms with Gasteiger partial charge in [-0.1, -0.05) is 12.1 Å². The molecule has 2 aliphatic rings. The Morgan fingerprint density at radius 2 is 1.97 bits per heavy atom. The molecule has 0 unspecified atom stereocenters. The van der Waals surface area contributed by atoms with Crippen LogP contribution in [0.3, 0.4) is 0 Å². The molecule has 4 heterocycles. The molecule has 1 fully saturated rings. The van der Waals surface area contributed by atoms with Crippen LogP contribution in [0.15, 0.2) is 54.7 Å². The molecule has 39 heavy (non-hydrogen) atoms. The monoisotopic (exact) mass is 543 g/mol. The molecule has 0 aliphatic carbocycles. The minimum Gasteiger partial charge on any atom is -0.493 e. The third kappa shape index (κ3) is 4.66. The van der Waals surface area contributed by atoms with Crippen LogP contribution >= 0.6 is 11.3 Å². The summed E-state index contributed by atoms with van der Waals surface area (Å²) < 4.78 is 11.5. The van der Waals surface area contributed by atoms with Crippen molar-refractivity contribution in [1.82, 2.24) is 15.2 Å². The highest BCUT2D eigenvalue weighted by Crippen LogP contribution is 2.46. The van der Waals surface area contributed by atoms with Gasteiger partial charge in [-0.2, -0.15) is 0 Å². The number of anilines is 3. The molecule has 2 aromatic heterocycles. The van der Waals surface area contributed by atoms with E-state index in [0.29, 0.717) is 44.0 Å². The van der Waals surface area contributed by atoms with Gasteiger partial charge in [0.25, 0.3) is 5.91 Å². The molecule has 6 rings (SSSR count). The van der Waals surface area contributed by atoms with Crippen molar-refractivity contribution in [3.05, 3.63) is 65.2 Å². The van der Waals surface area contributed by atoms with Gasteiger partial charge in [0.05, 0.1) is 29.6 Å². The minimum absolute atomic E-state index is 0.0797. The molecule has 2 aliphatic heterocycles. The zero-order valence-electron chi connectivity index (χ0n) is 22.0. The fourth-order valence-corrected chi connectivity index (χ4v) is 6.31. The number of aromatic nitrogens is 1. The van der Waals surface area contributed by atoms with Crippen molar-refractivity contribution in [3.63, 3.8) is 0 Å². The van der Waals surface area contributed by atoms with Gasteiger partial charge in [0.15, 0.2) is 11.5 Å². The third-order valence-corrected chi connectivity index (χ3v) is 8.21. The Kier molecular flexibility index (Phi) is 6.58. The smallest absolute Gasteiger partial charge is 0.331 e. The molecule has 0 spiro atoms. The van der Waals surface area contributed by atoms with Crippen LogP contribution in [0.4, 0.5) is 21.9 Å². The van der Waals surface area contributed by atoms with E-state index < -0.39 is 0 Å². The second-order valence-corrected chi connectivity index (χ2v) is 10.9. The van der Waals surface area contributed by atoms with Crippen LogP contribution in [-0.4, -0.2) is 55.1 Å². The number of nitrogens with zero attached hydrogens (tertiary/aromatic N) is 3. The minimum atomic E-state index is -0.332. The number of benzene rings is 2. The molecule has 0 saturated carbocycles. The predicted octanol–water partition coefficient (Wildman–Crippen LogP) is 5.91. The first kappa shape index (κ1) is 25.1. The number of carbonyl (C=O) groups is 2. The van der Waals surface area contributed by atoms with Gasteiger partial charge in [-0.05, 0) is 75.3 Å². The Morgan fingerprint density at radius 1 is 1.15 bits per heavy atom. The molecule has 1 atom stereocenters. The Balaban J connectivity index is 1.32. The Bertz CT molecular complexity index is 1590. The number of carbonyl (C=O) groups excluding carboxylic acids is 2. The molecule has 0 bridgehead atoms. The molecule has 1 saturated heterocycles. The summed E-state index contributed by atoms with van der Waals surface area (Å²) in [6.07, 6.45) is 3.66. The van der Waals surface area contributed by atoms with Gasteiger partial charge in [0.2, 0.25) is 0 Å². The number of pyridine rings is 1. The lowest BCUT2D eigenvalue weighted by atomic mass is 10.1. The Morgan fingerprint density at radius 3 is 2.74 bits per heavy atom. The van der Waals surface area contributed by atoms with E-state index in [1.807, 2.05) is 55.5 Å². The number of methoxy groups -OCH3 is 1. The van der Waals surface area contributed by atoms with Crippen molar-refractivity contribution >= 4 is 50.6 Å². The summed E-state index contributed by atoms with van der Waals surface area (Å²) in [5, 5.41) is 6.91. The third-order valence-electron chi connectivity index (χ3n) is 7.12. The molecular weight excluding hydrogens is 514 g/mol. The first-order valence-electron chi connectivity index (χ1n) is 12.9. The zero-order valence-corrected chi connectivity index (χ0v) is 22.8. The predicted molar refractivity (Wildman–Crippen MR) is 153 cm³/mol. The summed E-state index contributed by atoms with van der Waals surface area (Å²) in [6, 6.07) is 14.6. The van der Waals surface area contributed by atoms with Crippen LogP contribution in [0.2, 0.25) is 0 Å². The number of hydrogen-bond donors (Lipinski definition) is 2. The van der Waals surface area contributed by atoms with Gasteiger partial charge >= 0.3 is 6.03 Å². The maximum atomic E-state index is 13.5.